The molecule has 1 aromatic heterocycles. The van der Waals surface area contributed by atoms with E-state index in [1.165, 1.54) is 12.3 Å². The van der Waals surface area contributed by atoms with Crippen LogP contribution >= 0.6 is 0 Å². The van der Waals surface area contributed by atoms with E-state index in [1.54, 1.807) is 4.90 Å². The van der Waals surface area contributed by atoms with Gasteiger partial charge in [-0.2, -0.15) is 0 Å². The minimum Gasteiger partial charge on any atom is -0.337 e. The summed E-state index contributed by atoms with van der Waals surface area (Å²) in [6.07, 6.45) is 4.30. The number of piperidine rings is 1. The maximum absolute atomic E-state index is 12.9. The summed E-state index contributed by atoms with van der Waals surface area (Å²) >= 11 is 0. The van der Waals surface area contributed by atoms with Crippen molar-refractivity contribution < 1.29 is 9.18 Å². The third-order valence-corrected chi connectivity index (χ3v) is 2.70. The van der Waals surface area contributed by atoms with Crippen molar-refractivity contribution in [1.29, 1.82) is 0 Å². The van der Waals surface area contributed by atoms with Gasteiger partial charge in [-0.05, 0) is 18.9 Å². The third-order valence-electron chi connectivity index (χ3n) is 2.70. The number of amides is 1. The van der Waals surface area contributed by atoms with Crippen LogP contribution in [-0.2, 0) is 0 Å². The fourth-order valence-electron chi connectivity index (χ4n) is 1.91. The predicted octanol–water partition coefficient (Wildman–Crippen LogP) is 0.784. The Hall–Kier alpha value is -1.49. The molecule has 0 aliphatic carbocycles. The van der Waals surface area contributed by atoms with Crippen LogP contribution < -0.4 is 5.73 Å². The molecule has 1 aliphatic rings. The molecular weight excluding hydrogens is 209 g/mol. The monoisotopic (exact) mass is 223 g/mol. The largest absolute Gasteiger partial charge is 0.337 e. The number of hydrogen-bond donors (Lipinski definition) is 1. The first-order valence-corrected chi connectivity index (χ1v) is 5.32. The van der Waals surface area contributed by atoms with Gasteiger partial charge in [0, 0.05) is 25.3 Å². The number of halogens is 1. The molecule has 0 aromatic carbocycles. The molecule has 1 fully saturated rings. The van der Waals surface area contributed by atoms with Crippen LogP contribution in [0.5, 0.6) is 0 Å². The SMILES string of the molecule is N[C@@H]1CCCN(C(=O)c2cncc(F)c2)C1. The third kappa shape index (κ3) is 2.36. The lowest BCUT2D eigenvalue weighted by Gasteiger charge is -2.30. The summed E-state index contributed by atoms with van der Waals surface area (Å²) in [5.74, 6) is -0.686. The Morgan fingerprint density at radius 3 is 3.06 bits per heavy atom. The molecule has 0 saturated carbocycles. The van der Waals surface area contributed by atoms with E-state index in [2.05, 4.69) is 4.98 Å². The molecule has 1 aliphatic heterocycles. The Morgan fingerprint density at radius 2 is 2.38 bits per heavy atom. The van der Waals surface area contributed by atoms with Crippen molar-refractivity contribution in [2.45, 2.75) is 18.9 Å². The standard InChI is InChI=1S/C11H14FN3O/c12-9-4-8(5-14-6-9)11(16)15-3-1-2-10(13)7-15/h4-6,10H,1-3,7,13H2/t10-/m1/s1. The summed E-state index contributed by atoms with van der Waals surface area (Å²) in [4.78, 5) is 17.3. The number of aromatic nitrogens is 1. The fraction of sp³-hybridized carbons (Fsp3) is 0.455. The number of carbonyl (C=O) groups is 1. The number of rotatable bonds is 1. The van der Waals surface area contributed by atoms with Gasteiger partial charge >= 0.3 is 0 Å². The normalized spacial score (nSPS) is 20.9. The van der Waals surface area contributed by atoms with Crippen LogP contribution in [0.2, 0.25) is 0 Å². The Bertz CT molecular complexity index is 397. The quantitative estimate of drug-likeness (QED) is 0.765. The molecule has 1 atom stereocenters. The van der Waals surface area contributed by atoms with Crippen LogP contribution in [0, 0.1) is 5.82 Å². The van der Waals surface area contributed by atoms with Crippen molar-refractivity contribution in [2.75, 3.05) is 13.1 Å². The number of nitrogens with zero attached hydrogens (tertiary/aromatic N) is 2. The molecule has 16 heavy (non-hydrogen) atoms. The van der Waals surface area contributed by atoms with Crippen LogP contribution in [0.3, 0.4) is 0 Å². The number of likely N-dealkylation sites (tertiary alicyclic amines) is 1. The van der Waals surface area contributed by atoms with Gasteiger partial charge in [0.1, 0.15) is 5.82 Å². The van der Waals surface area contributed by atoms with Gasteiger partial charge in [-0.15, -0.1) is 0 Å². The zero-order chi connectivity index (χ0) is 11.5. The van der Waals surface area contributed by atoms with E-state index in [9.17, 15) is 9.18 Å². The van der Waals surface area contributed by atoms with Crippen molar-refractivity contribution in [2.24, 2.45) is 5.73 Å². The first-order chi connectivity index (χ1) is 7.66. The van der Waals surface area contributed by atoms with E-state index in [4.69, 9.17) is 5.73 Å². The van der Waals surface area contributed by atoms with Gasteiger partial charge < -0.3 is 10.6 Å². The number of carbonyl (C=O) groups excluding carboxylic acids is 1. The molecule has 0 unspecified atom stereocenters. The van der Waals surface area contributed by atoms with Crippen molar-refractivity contribution in [3.05, 3.63) is 29.8 Å². The lowest BCUT2D eigenvalue weighted by molar-refractivity contribution is 0.0708. The van der Waals surface area contributed by atoms with Crippen LogP contribution in [-0.4, -0.2) is 34.9 Å². The Balaban J connectivity index is 2.12. The molecule has 1 amide bonds. The zero-order valence-electron chi connectivity index (χ0n) is 8.90. The molecule has 0 radical (unpaired) electrons. The summed E-state index contributed by atoms with van der Waals surface area (Å²) < 4.78 is 12.9. The van der Waals surface area contributed by atoms with Crippen LogP contribution in [0.15, 0.2) is 18.5 Å². The molecule has 2 heterocycles. The second kappa shape index (κ2) is 4.57. The highest BCUT2D eigenvalue weighted by atomic mass is 19.1. The van der Waals surface area contributed by atoms with Gasteiger partial charge in [0.2, 0.25) is 0 Å². The molecule has 86 valence electrons. The second-order valence-electron chi connectivity index (χ2n) is 4.05. The molecule has 0 spiro atoms. The van der Waals surface area contributed by atoms with Crippen molar-refractivity contribution in [3.63, 3.8) is 0 Å². The first-order valence-electron chi connectivity index (χ1n) is 5.32. The van der Waals surface area contributed by atoms with E-state index < -0.39 is 5.82 Å². The van der Waals surface area contributed by atoms with E-state index in [-0.39, 0.29) is 17.5 Å². The number of nitrogens with two attached hydrogens (primary N) is 1. The van der Waals surface area contributed by atoms with Crippen molar-refractivity contribution >= 4 is 5.91 Å². The fourth-order valence-corrected chi connectivity index (χ4v) is 1.91. The lowest BCUT2D eigenvalue weighted by atomic mass is 10.1. The van der Waals surface area contributed by atoms with Crippen molar-refractivity contribution in [1.82, 2.24) is 9.88 Å². The van der Waals surface area contributed by atoms with E-state index in [0.717, 1.165) is 19.0 Å². The average Bonchev–Trinajstić information content (AvgIpc) is 2.28. The zero-order valence-corrected chi connectivity index (χ0v) is 8.90. The summed E-state index contributed by atoms with van der Waals surface area (Å²) in [7, 11) is 0. The Morgan fingerprint density at radius 1 is 1.56 bits per heavy atom. The van der Waals surface area contributed by atoms with Gasteiger partial charge in [0.25, 0.3) is 5.91 Å². The Labute approximate surface area is 93.3 Å². The van der Waals surface area contributed by atoms with Gasteiger partial charge in [0.05, 0.1) is 11.8 Å². The van der Waals surface area contributed by atoms with E-state index >= 15 is 0 Å². The average molecular weight is 223 g/mol. The molecule has 4 nitrogen and oxygen atoms in total. The molecular formula is C11H14FN3O. The number of hydrogen-bond acceptors (Lipinski definition) is 3. The highest BCUT2D eigenvalue weighted by molar-refractivity contribution is 5.94. The van der Waals surface area contributed by atoms with Gasteiger partial charge in [-0.1, -0.05) is 0 Å². The molecule has 0 bridgehead atoms. The van der Waals surface area contributed by atoms with Crippen LogP contribution in [0.1, 0.15) is 23.2 Å². The summed E-state index contributed by atoms with van der Waals surface area (Å²) in [5.41, 5.74) is 6.07. The van der Waals surface area contributed by atoms with Gasteiger partial charge in [-0.3, -0.25) is 9.78 Å². The van der Waals surface area contributed by atoms with Crippen molar-refractivity contribution in [3.8, 4) is 0 Å². The summed E-state index contributed by atoms with van der Waals surface area (Å²) in [6, 6.07) is 1.23. The van der Waals surface area contributed by atoms with Crippen LogP contribution in [0.4, 0.5) is 4.39 Å². The second-order valence-corrected chi connectivity index (χ2v) is 4.05. The smallest absolute Gasteiger partial charge is 0.255 e. The first kappa shape index (κ1) is 11.0. The van der Waals surface area contributed by atoms with E-state index in [0.29, 0.717) is 13.1 Å². The minimum absolute atomic E-state index is 0.0271. The highest BCUT2D eigenvalue weighted by Gasteiger charge is 2.22. The number of pyridine rings is 1. The van der Waals surface area contributed by atoms with Gasteiger partial charge in [0.15, 0.2) is 0 Å². The van der Waals surface area contributed by atoms with E-state index in [1.807, 2.05) is 0 Å². The maximum Gasteiger partial charge on any atom is 0.255 e. The summed E-state index contributed by atoms with van der Waals surface area (Å²) in [6.45, 7) is 1.22. The topological polar surface area (TPSA) is 59.2 Å². The molecule has 1 saturated heterocycles. The van der Waals surface area contributed by atoms with Gasteiger partial charge in [-0.25, -0.2) is 4.39 Å². The summed E-state index contributed by atoms with van der Waals surface area (Å²) in [5, 5.41) is 0. The lowest BCUT2D eigenvalue weighted by Crippen LogP contribution is -2.45. The predicted molar refractivity (Wildman–Crippen MR) is 57.3 cm³/mol. The minimum atomic E-state index is -0.493. The highest BCUT2D eigenvalue weighted by Crippen LogP contribution is 2.12. The Kier molecular flexibility index (Phi) is 3.14. The molecule has 2 rings (SSSR count). The molecule has 1 aromatic rings. The molecule has 5 heteroatoms. The van der Waals surface area contributed by atoms with Crippen LogP contribution in [0.25, 0.3) is 0 Å². The maximum atomic E-state index is 12.9. The molecule has 2 N–H and O–H groups in total.